The Morgan fingerprint density at radius 2 is 1.72 bits per heavy atom. The highest BCUT2D eigenvalue weighted by Gasteiger charge is 2.54. The highest BCUT2D eigenvalue weighted by atomic mass is 16.2. The van der Waals surface area contributed by atoms with Crippen molar-refractivity contribution in [3.63, 3.8) is 0 Å². The van der Waals surface area contributed by atoms with E-state index in [0.29, 0.717) is 0 Å². The molecule has 1 N–H and O–H groups in total. The summed E-state index contributed by atoms with van der Waals surface area (Å²) < 4.78 is 0. The second kappa shape index (κ2) is 6.46. The highest BCUT2D eigenvalue weighted by Crippen LogP contribution is 2.49. The van der Waals surface area contributed by atoms with Gasteiger partial charge in [-0.05, 0) is 31.2 Å². The maximum atomic E-state index is 12.8. The molecule has 132 valence electrons. The van der Waals surface area contributed by atoms with Gasteiger partial charge in [0.15, 0.2) is 0 Å². The number of amides is 1. The SMILES string of the molecule is N#CC1(N2CCC3(CC2)C(=O)NCC3c2ccccc2)CCCCC1. The van der Waals surface area contributed by atoms with E-state index in [4.69, 9.17) is 0 Å². The van der Waals surface area contributed by atoms with E-state index in [2.05, 4.69) is 40.6 Å². The molecule has 3 fully saturated rings. The third-order valence-corrected chi connectivity index (χ3v) is 6.94. The molecule has 1 aromatic rings. The summed E-state index contributed by atoms with van der Waals surface area (Å²) in [7, 11) is 0. The summed E-state index contributed by atoms with van der Waals surface area (Å²) in [6.07, 6.45) is 7.27. The van der Waals surface area contributed by atoms with Crippen LogP contribution in [0, 0.1) is 16.7 Å². The molecule has 4 rings (SSSR count). The number of nitrogens with one attached hydrogen (secondary N) is 1. The van der Waals surface area contributed by atoms with Crippen LogP contribution in [0.15, 0.2) is 30.3 Å². The Balaban J connectivity index is 1.55. The van der Waals surface area contributed by atoms with Gasteiger partial charge >= 0.3 is 0 Å². The molecular formula is C21H27N3O. The van der Waals surface area contributed by atoms with Gasteiger partial charge in [0.05, 0.1) is 11.5 Å². The number of benzene rings is 1. The topological polar surface area (TPSA) is 56.1 Å². The van der Waals surface area contributed by atoms with E-state index in [1.807, 2.05) is 6.07 Å². The Kier molecular flexibility index (Phi) is 4.29. The normalized spacial score (nSPS) is 28.4. The van der Waals surface area contributed by atoms with Crippen LogP contribution >= 0.6 is 0 Å². The van der Waals surface area contributed by atoms with Crippen molar-refractivity contribution in [2.24, 2.45) is 5.41 Å². The molecule has 2 aliphatic heterocycles. The summed E-state index contributed by atoms with van der Waals surface area (Å²) in [4.78, 5) is 15.2. The molecule has 1 aliphatic carbocycles. The van der Waals surface area contributed by atoms with Gasteiger partial charge in [0.2, 0.25) is 5.91 Å². The van der Waals surface area contributed by atoms with Crippen LogP contribution in [0.5, 0.6) is 0 Å². The zero-order valence-corrected chi connectivity index (χ0v) is 14.8. The molecule has 0 bridgehead atoms. The van der Waals surface area contributed by atoms with Gasteiger partial charge in [-0.15, -0.1) is 0 Å². The summed E-state index contributed by atoms with van der Waals surface area (Å²) in [6, 6.07) is 13.1. The first kappa shape index (κ1) is 16.6. The summed E-state index contributed by atoms with van der Waals surface area (Å²) in [5, 5.41) is 13.0. The van der Waals surface area contributed by atoms with Crippen LogP contribution in [-0.2, 0) is 4.79 Å². The Hall–Kier alpha value is -1.86. The zero-order valence-electron chi connectivity index (χ0n) is 14.8. The van der Waals surface area contributed by atoms with E-state index in [-0.39, 0.29) is 22.8 Å². The smallest absolute Gasteiger partial charge is 0.227 e. The lowest BCUT2D eigenvalue weighted by atomic mass is 9.67. The predicted octanol–water partition coefficient (Wildman–Crippen LogP) is 3.21. The number of piperidine rings is 1. The van der Waals surface area contributed by atoms with Crippen molar-refractivity contribution < 1.29 is 4.79 Å². The van der Waals surface area contributed by atoms with Crippen LogP contribution in [0.1, 0.15) is 56.4 Å². The van der Waals surface area contributed by atoms with Gasteiger partial charge in [-0.3, -0.25) is 9.69 Å². The van der Waals surface area contributed by atoms with Crippen molar-refractivity contribution in [3.05, 3.63) is 35.9 Å². The van der Waals surface area contributed by atoms with Crippen molar-refractivity contribution in [1.29, 1.82) is 5.26 Å². The molecule has 4 heteroatoms. The van der Waals surface area contributed by atoms with E-state index in [0.717, 1.165) is 58.2 Å². The summed E-state index contributed by atoms with van der Waals surface area (Å²) in [5.41, 5.74) is 0.697. The molecule has 1 atom stereocenters. The van der Waals surface area contributed by atoms with Gasteiger partial charge in [-0.1, -0.05) is 49.6 Å². The van der Waals surface area contributed by atoms with Crippen LogP contribution in [0.4, 0.5) is 0 Å². The first-order valence-electron chi connectivity index (χ1n) is 9.70. The second-order valence-electron chi connectivity index (χ2n) is 8.02. The maximum Gasteiger partial charge on any atom is 0.227 e. The van der Waals surface area contributed by atoms with E-state index in [1.165, 1.54) is 12.0 Å². The van der Waals surface area contributed by atoms with Gasteiger partial charge in [0.1, 0.15) is 5.54 Å². The summed E-state index contributed by atoms with van der Waals surface area (Å²) in [6.45, 7) is 2.47. The minimum Gasteiger partial charge on any atom is -0.355 e. The maximum absolute atomic E-state index is 12.8. The first-order valence-corrected chi connectivity index (χ1v) is 9.70. The second-order valence-corrected chi connectivity index (χ2v) is 8.02. The first-order chi connectivity index (χ1) is 12.2. The summed E-state index contributed by atoms with van der Waals surface area (Å²) in [5.74, 6) is 0.475. The minimum atomic E-state index is -0.289. The average molecular weight is 337 g/mol. The molecular weight excluding hydrogens is 310 g/mol. The lowest BCUT2D eigenvalue weighted by Gasteiger charge is -2.48. The fraction of sp³-hybridized carbons (Fsp3) is 0.619. The molecule has 3 aliphatic rings. The number of rotatable bonds is 2. The molecule has 2 heterocycles. The molecule has 1 amide bonds. The van der Waals surface area contributed by atoms with E-state index < -0.39 is 0 Å². The van der Waals surface area contributed by atoms with Gasteiger partial charge < -0.3 is 5.32 Å². The lowest BCUT2D eigenvalue weighted by molar-refractivity contribution is -0.131. The number of nitriles is 1. The Morgan fingerprint density at radius 3 is 2.36 bits per heavy atom. The minimum absolute atomic E-state index is 0.218. The number of carbonyl (C=O) groups excluding carboxylic acids is 1. The Morgan fingerprint density at radius 1 is 1.04 bits per heavy atom. The van der Waals surface area contributed by atoms with Gasteiger partial charge in [0, 0.05) is 25.6 Å². The summed E-state index contributed by atoms with van der Waals surface area (Å²) >= 11 is 0. The molecule has 0 aromatic heterocycles. The van der Waals surface area contributed by atoms with Crippen LogP contribution in [0.3, 0.4) is 0 Å². The molecule has 4 nitrogen and oxygen atoms in total. The fourth-order valence-corrected chi connectivity index (χ4v) is 5.39. The van der Waals surface area contributed by atoms with Gasteiger partial charge in [-0.25, -0.2) is 0 Å². The van der Waals surface area contributed by atoms with Crippen LogP contribution in [-0.4, -0.2) is 36.0 Å². The van der Waals surface area contributed by atoms with Crippen molar-refractivity contribution in [3.8, 4) is 6.07 Å². The average Bonchev–Trinajstić information content (AvgIpc) is 2.99. The van der Waals surface area contributed by atoms with Crippen molar-refractivity contribution in [2.45, 2.75) is 56.4 Å². The van der Waals surface area contributed by atoms with E-state index in [9.17, 15) is 10.1 Å². The third kappa shape index (κ3) is 2.66. The highest BCUT2D eigenvalue weighted by molar-refractivity contribution is 5.86. The molecule has 2 saturated heterocycles. The number of hydrogen-bond donors (Lipinski definition) is 1. The molecule has 1 spiro atoms. The van der Waals surface area contributed by atoms with Crippen LogP contribution in [0.2, 0.25) is 0 Å². The Bertz CT molecular complexity index is 664. The third-order valence-electron chi connectivity index (χ3n) is 6.94. The Labute approximate surface area is 150 Å². The number of hydrogen-bond acceptors (Lipinski definition) is 3. The van der Waals surface area contributed by atoms with E-state index >= 15 is 0 Å². The van der Waals surface area contributed by atoms with Crippen LogP contribution in [0.25, 0.3) is 0 Å². The standard InChI is InChI=1S/C21H27N3O/c22-16-20(9-5-2-6-10-20)24-13-11-21(12-14-24)18(15-23-19(21)25)17-7-3-1-4-8-17/h1,3-4,7-8,18H,2,5-6,9-15H2,(H,23,25). The van der Waals surface area contributed by atoms with Crippen LogP contribution < -0.4 is 5.32 Å². The zero-order chi connectivity index (χ0) is 17.3. The lowest BCUT2D eigenvalue weighted by Crippen LogP contribution is -2.55. The molecule has 25 heavy (non-hydrogen) atoms. The van der Waals surface area contributed by atoms with Crippen molar-refractivity contribution in [2.75, 3.05) is 19.6 Å². The number of nitrogens with zero attached hydrogens (tertiary/aromatic N) is 2. The van der Waals surface area contributed by atoms with Crippen molar-refractivity contribution in [1.82, 2.24) is 10.2 Å². The molecule has 0 radical (unpaired) electrons. The van der Waals surface area contributed by atoms with Crippen molar-refractivity contribution >= 4 is 5.91 Å². The molecule has 1 aromatic carbocycles. The predicted molar refractivity (Wildman–Crippen MR) is 96.9 cm³/mol. The monoisotopic (exact) mass is 337 g/mol. The number of carbonyl (C=O) groups is 1. The molecule has 1 unspecified atom stereocenters. The van der Waals surface area contributed by atoms with Gasteiger partial charge in [0.25, 0.3) is 0 Å². The van der Waals surface area contributed by atoms with Gasteiger partial charge in [-0.2, -0.15) is 5.26 Å². The fourth-order valence-electron chi connectivity index (χ4n) is 5.39. The quantitative estimate of drug-likeness (QED) is 0.901. The largest absolute Gasteiger partial charge is 0.355 e. The number of likely N-dealkylation sites (tertiary alicyclic amines) is 1. The molecule has 1 saturated carbocycles. The van der Waals surface area contributed by atoms with E-state index in [1.54, 1.807) is 0 Å².